The number of amides is 1. The summed E-state index contributed by atoms with van der Waals surface area (Å²) in [6, 6.07) is 6.10. The molecule has 0 N–H and O–H groups in total. The van der Waals surface area contributed by atoms with Gasteiger partial charge in [0.05, 0.1) is 24.2 Å². The van der Waals surface area contributed by atoms with Gasteiger partial charge in [0, 0.05) is 19.2 Å². The largest absolute Gasteiger partial charge is 0.335 e. The zero-order valence-electron chi connectivity index (χ0n) is 9.89. The third kappa shape index (κ3) is 2.44. The highest BCUT2D eigenvalue weighted by Gasteiger charge is 2.29. The van der Waals surface area contributed by atoms with Crippen LogP contribution in [0.4, 0.5) is 0 Å². The predicted octanol–water partition coefficient (Wildman–Crippen LogP) is 1.52. The number of nitriles is 1. The van der Waals surface area contributed by atoms with Crippen LogP contribution in [0.15, 0.2) is 18.3 Å². The maximum Gasteiger partial charge on any atom is 0.224 e. The summed E-state index contributed by atoms with van der Waals surface area (Å²) in [5.41, 5.74) is 2.11. The molecule has 0 bridgehead atoms. The Balaban J connectivity index is 2.11. The first kappa shape index (κ1) is 11.6. The van der Waals surface area contributed by atoms with E-state index < -0.39 is 0 Å². The second-order valence-electron chi connectivity index (χ2n) is 4.27. The number of pyridine rings is 1. The minimum Gasteiger partial charge on any atom is -0.335 e. The average molecular weight is 229 g/mol. The highest BCUT2D eigenvalue weighted by atomic mass is 16.2. The third-order valence-corrected chi connectivity index (χ3v) is 3.10. The van der Waals surface area contributed by atoms with Crippen LogP contribution in [0.2, 0.25) is 0 Å². The van der Waals surface area contributed by atoms with E-state index in [1.165, 1.54) is 5.56 Å². The highest BCUT2D eigenvalue weighted by Crippen LogP contribution is 2.20. The molecule has 1 aromatic heterocycles. The summed E-state index contributed by atoms with van der Waals surface area (Å²) in [5, 5.41) is 8.82. The summed E-state index contributed by atoms with van der Waals surface area (Å²) < 4.78 is 0. The van der Waals surface area contributed by atoms with E-state index in [1.807, 2.05) is 12.1 Å². The summed E-state index contributed by atoms with van der Waals surface area (Å²) in [5.74, 6) is -0.0967. The Morgan fingerprint density at radius 2 is 2.47 bits per heavy atom. The van der Waals surface area contributed by atoms with E-state index in [0.717, 1.165) is 12.1 Å². The SMILES string of the molecule is CCc1cccnc1CN1CC(C#N)CC1=O. The van der Waals surface area contributed by atoms with Gasteiger partial charge in [-0.25, -0.2) is 0 Å². The number of carbonyl (C=O) groups is 1. The lowest BCUT2D eigenvalue weighted by Gasteiger charge is -2.16. The van der Waals surface area contributed by atoms with E-state index in [0.29, 0.717) is 19.5 Å². The van der Waals surface area contributed by atoms with Crippen molar-refractivity contribution in [2.24, 2.45) is 5.92 Å². The van der Waals surface area contributed by atoms with Crippen molar-refractivity contribution in [2.45, 2.75) is 26.3 Å². The molecule has 1 saturated heterocycles. The number of carbonyl (C=O) groups excluding carboxylic acids is 1. The van der Waals surface area contributed by atoms with Gasteiger partial charge in [-0.2, -0.15) is 5.26 Å². The third-order valence-electron chi connectivity index (χ3n) is 3.10. The van der Waals surface area contributed by atoms with Gasteiger partial charge in [-0.15, -0.1) is 0 Å². The van der Waals surface area contributed by atoms with Crippen LogP contribution < -0.4 is 0 Å². The van der Waals surface area contributed by atoms with Crippen molar-refractivity contribution in [1.82, 2.24) is 9.88 Å². The van der Waals surface area contributed by atoms with Crippen molar-refractivity contribution in [1.29, 1.82) is 5.26 Å². The Kier molecular flexibility index (Phi) is 3.38. The first-order chi connectivity index (χ1) is 8.24. The quantitative estimate of drug-likeness (QED) is 0.789. The normalized spacial score (nSPS) is 19.4. The molecule has 0 spiro atoms. The van der Waals surface area contributed by atoms with Crippen LogP contribution in [-0.4, -0.2) is 22.3 Å². The lowest BCUT2D eigenvalue weighted by molar-refractivity contribution is -0.128. The molecule has 1 fully saturated rings. The summed E-state index contributed by atoms with van der Waals surface area (Å²) in [6.07, 6.45) is 3.01. The highest BCUT2D eigenvalue weighted by molar-refractivity contribution is 5.79. The molecule has 88 valence electrons. The number of nitrogens with zero attached hydrogens (tertiary/aromatic N) is 3. The fourth-order valence-electron chi connectivity index (χ4n) is 2.13. The number of rotatable bonds is 3. The summed E-state index contributed by atoms with van der Waals surface area (Å²) in [4.78, 5) is 17.7. The molecule has 1 amide bonds. The predicted molar refractivity (Wildman–Crippen MR) is 62.8 cm³/mol. The minimum atomic E-state index is -0.156. The molecule has 1 atom stereocenters. The average Bonchev–Trinajstić information content (AvgIpc) is 2.71. The molecule has 0 aliphatic carbocycles. The zero-order valence-corrected chi connectivity index (χ0v) is 9.89. The molecule has 1 aromatic rings. The molecule has 0 saturated carbocycles. The number of aromatic nitrogens is 1. The molecular weight excluding hydrogens is 214 g/mol. The van der Waals surface area contributed by atoms with Gasteiger partial charge in [0.25, 0.3) is 0 Å². The van der Waals surface area contributed by atoms with Crippen LogP contribution in [0, 0.1) is 17.2 Å². The van der Waals surface area contributed by atoms with Crippen LogP contribution in [0.1, 0.15) is 24.6 Å². The fraction of sp³-hybridized carbons (Fsp3) is 0.462. The van der Waals surface area contributed by atoms with Crippen molar-refractivity contribution in [3.8, 4) is 6.07 Å². The first-order valence-electron chi connectivity index (χ1n) is 5.84. The summed E-state index contributed by atoms with van der Waals surface area (Å²) in [7, 11) is 0. The van der Waals surface area contributed by atoms with Crippen LogP contribution in [0.5, 0.6) is 0 Å². The van der Waals surface area contributed by atoms with E-state index in [2.05, 4.69) is 18.0 Å². The molecular formula is C13H15N3O. The molecule has 1 aliphatic heterocycles. The molecule has 4 heteroatoms. The van der Waals surface area contributed by atoms with Crippen molar-refractivity contribution in [2.75, 3.05) is 6.54 Å². The fourth-order valence-corrected chi connectivity index (χ4v) is 2.13. The molecule has 2 heterocycles. The Labute approximate surface area is 101 Å². The van der Waals surface area contributed by atoms with E-state index in [9.17, 15) is 4.79 Å². The molecule has 1 aliphatic rings. The van der Waals surface area contributed by atoms with Crippen LogP contribution in [0.25, 0.3) is 0 Å². The van der Waals surface area contributed by atoms with Gasteiger partial charge < -0.3 is 4.90 Å². The number of likely N-dealkylation sites (tertiary alicyclic amines) is 1. The standard InChI is InChI=1S/C13H15N3O/c1-2-11-4-3-5-15-12(11)9-16-8-10(7-14)6-13(16)17/h3-5,10H,2,6,8-9H2,1H3. The summed E-state index contributed by atoms with van der Waals surface area (Å²) >= 11 is 0. The van der Waals surface area contributed by atoms with E-state index in [-0.39, 0.29) is 11.8 Å². The Morgan fingerprint density at radius 1 is 1.65 bits per heavy atom. The van der Waals surface area contributed by atoms with Crippen LogP contribution in [-0.2, 0) is 17.8 Å². The van der Waals surface area contributed by atoms with E-state index in [4.69, 9.17) is 5.26 Å². The van der Waals surface area contributed by atoms with Crippen LogP contribution >= 0.6 is 0 Å². The number of aryl methyl sites for hydroxylation is 1. The molecule has 0 radical (unpaired) electrons. The number of hydrogen-bond acceptors (Lipinski definition) is 3. The van der Waals surface area contributed by atoms with Crippen molar-refractivity contribution < 1.29 is 4.79 Å². The summed E-state index contributed by atoms with van der Waals surface area (Å²) in [6.45, 7) is 3.14. The Hall–Kier alpha value is -1.89. The van der Waals surface area contributed by atoms with Gasteiger partial charge in [-0.3, -0.25) is 9.78 Å². The first-order valence-corrected chi connectivity index (χ1v) is 5.84. The van der Waals surface area contributed by atoms with E-state index >= 15 is 0 Å². The van der Waals surface area contributed by atoms with Crippen molar-refractivity contribution >= 4 is 5.91 Å². The maximum absolute atomic E-state index is 11.7. The van der Waals surface area contributed by atoms with Gasteiger partial charge >= 0.3 is 0 Å². The lowest BCUT2D eigenvalue weighted by Crippen LogP contribution is -2.25. The monoisotopic (exact) mass is 229 g/mol. The molecule has 4 nitrogen and oxygen atoms in total. The van der Waals surface area contributed by atoms with Gasteiger partial charge in [0.2, 0.25) is 5.91 Å². The lowest BCUT2D eigenvalue weighted by atomic mass is 10.1. The van der Waals surface area contributed by atoms with E-state index in [1.54, 1.807) is 11.1 Å². The van der Waals surface area contributed by atoms with Gasteiger partial charge in [-0.1, -0.05) is 13.0 Å². The van der Waals surface area contributed by atoms with Crippen molar-refractivity contribution in [3.63, 3.8) is 0 Å². The molecule has 2 rings (SSSR count). The zero-order chi connectivity index (χ0) is 12.3. The topological polar surface area (TPSA) is 57.0 Å². The molecule has 1 unspecified atom stereocenters. The van der Waals surface area contributed by atoms with Crippen LogP contribution in [0.3, 0.4) is 0 Å². The Morgan fingerprint density at radius 3 is 3.12 bits per heavy atom. The van der Waals surface area contributed by atoms with Gasteiger partial charge in [0.1, 0.15) is 0 Å². The minimum absolute atomic E-state index is 0.0595. The number of hydrogen-bond donors (Lipinski definition) is 0. The maximum atomic E-state index is 11.7. The smallest absolute Gasteiger partial charge is 0.224 e. The molecule has 17 heavy (non-hydrogen) atoms. The van der Waals surface area contributed by atoms with Gasteiger partial charge in [-0.05, 0) is 18.1 Å². The molecule has 0 aromatic carbocycles. The second-order valence-corrected chi connectivity index (χ2v) is 4.27. The van der Waals surface area contributed by atoms with Gasteiger partial charge in [0.15, 0.2) is 0 Å². The van der Waals surface area contributed by atoms with Crippen molar-refractivity contribution in [3.05, 3.63) is 29.6 Å². The Bertz CT molecular complexity index is 464. The second kappa shape index (κ2) is 4.96.